The Morgan fingerprint density at radius 1 is 0.577 bits per heavy atom. The fourth-order valence-electron chi connectivity index (χ4n) is 5.77. The molecule has 52 heavy (non-hydrogen) atoms. The maximum atomic E-state index is 11.7. The van der Waals surface area contributed by atoms with E-state index in [4.69, 9.17) is 15.2 Å². The SMILES string of the molecule is CCCCCCCCC(C=O)CCCCCC.CCCCCCCCC(C=O)CCCCCC.COCCN(CCOC)C(=O)CC(C)N.COCl. The monoisotopic (exact) mass is 765 g/mol. The van der Waals surface area contributed by atoms with Crippen molar-refractivity contribution in [1.29, 1.82) is 0 Å². The number of carbonyl (C=O) groups excluding carboxylic acids is 3. The van der Waals surface area contributed by atoms with E-state index in [0.717, 1.165) is 25.7 Å². The minimum absolute atomic E-state index is 0.0547. The predicted molar refractivity (Wildman–Crippen MR) is 224 cm³/mol. The molecule has 0 saturated heterocycles. The van der Waals surface area contributed by atoms with Crippen LogP contribution in [0.1, 0.15) is 195 Å². The lowest BCUT2D eigenvalue weighted by atomic mass is 9.95. The molecule has 0 aromatic rings. The Morgan fingerprint density at radius 3 is 1.10 bits per heavy atom. The molecule has 1 amide bonds. The highest BCUT2D eigenvalue weighted by Crippen LogP contribution is 2.18. The molecule has 2 N–H and O–H groups in total. The summed E-state index contributed by atoms with van der Waals surface area (Å²) in [4.78, 5) is 35.3. The zero-order chi connectivity index (χ0) is 39.9. The smallest absolute Gasteiger partial charge is 0.224 e. The lowest BCUT2D eigenvalue weighted by molar-refractivity contribution is -0.132. The number of carbonyl (C=O) groups is 3. The largest absolute Gasteiger partial charge is 0.383 e. The molecule has 0 saturated carbocycles. The highest BCUT2D eigenvalue weighted by atomic mass is 35.5. The van der Waals surface area contributed by atoms with E-state index in [1.54, 1.807) is 19.1 Å². The van der Waals surface area contributed by atoms with Crippen molar-refractivity contribution in [2.75, 3.05) is 47.6 Å². The number of unbranched alkanes of at least 4 members (excludes halogenated alkanes) is 16. The van der Waals surface area contributed by atoms with Crippen LogP contribution in [-0.2, 0) is 28.1 Å². The van der Waals surface area contributed by atoms with Crippen LogP contribution in [0.4, 0.5) is 0 Å². The summed E-state index contributed by atoms with van der Waals surface area (Å²) in [6.45, 7) is 13.0. The third-order valence-corrected chi connectivity index (χ3v) is 9.08. The van der Waals surface area contributed by atoms with Gasteiger partial charge < -0.3 is 29.7 Å². The summed E-state index contributed by atoms with van der Waals surface area (Å²) in [6, 6.07) is -0.106. The van der Waals surface area contributed by atoms with E-state index in [1.807, 2.05) is 6.92 Å². The fraction of sp³-hybridized carbons (Fsp3) is 0.930. The summed E-state index contributed by atoms with van der Waals surface area (Å²) in [6.07, 6.45) is 33.5. The third-order valence-electron chi connectivity index (χ3n) is 9.08. The molecule has 0 aromatic heterocycles. The average molecular weight is 766 g/mol. The van der Waals surface area contributed by atoms with Crippen LogP contribution in [0.25, 0.3) is 0 Å². The summed E-state index contributed by atoms with van der Waals surface area (Å²) in [5.41, 5.74) is 5.58. The molecule has 0 aliphatic carbocycles. The van der Waals surface area contributed by atoms with Gasteiger partial charge in [-0.2, -0.15) is 0 Å². The van der Waals surface area contributed by atoms with Crippen LogP contribution in [0.2, 0.25) is 0 Å². The molecule has 0 aliphatic rings. The van der Waals surface area contributed by atoms with E-state index in [2.05, 4.69) is 43.9 Å². The zero-order valence-corrected chi connectivity index (χ0v) is 36.5. The fourth-order valence-corrected chi connectivity index (χ4v) is 5.77. The summed E-state index contributed by atoms with van der Waals surface area (Å²) in [5.74, 6) is 0.746. The second kappa shape index (κ2) is 52.0. The van der Waals surface area contributed by atoms with Gasteiger partial charge in [0.25, 0.3) is 0 Å². The lowest BCUT2D eigenvalue weighted by Crippen LogP contribution is -2.39. The van der Waals surface area contributed by atoms with Crippen molar-refractivity contribution in [1.82, 2.24) is 4.90 Å². The first-order valence-electron chi connectivity index (χ1n) is 21.3. The van der Waals surface area contributed by atoms with Gasteiger partial charge in [-0.1, -0.05) is 156 Å². The summed E-state index contributed by atoms with van der Waals surface area (Å²) >= 11 is 4.50. The van der Waals surface area contributed by atoms with Gasteiger partial charge >= 0.3 is 0 Å². The Kier molecular flexibility index (Phi) is 57.7. The second-order valence-corrected chi connectivity index (χ2v) is 14.6. The Morgan fingerprint density at radius 2 is 0.846 bits per heavy atom. The second-order valence-electron chi connectivity index (χ2n) is 14.3. The van der Waals surface area contributed by atoms with Crippen LogP contribution < -0.4 is 5.73 Å². The number of hydrogen-bond donors (Lipinski definition) is 1. The molecule has 0 spiro atoms. The van der Waals surface area contributed by atoms with E-state index in [1.165, 1.54) is 148 Å². The quantitative estimate of drug-likeness (QED) is 0.0513. The molecule has 0 aliphatic heterocycles. The number of rotatable bonds is 34. The Hall–Kier alpha value is -1.06. The number of ether oxygens (including phenoxy) is 2. The molecule has 0 heterocycles. The van der Waals surface area contributed by atoms with Gasteiger partial charge in [0, 0.05) is 51.6 Å². The van der Waals surface area contributed by atoms with Gasteiger partial charge in [-0.05, 0) is 32.6 Å². The molecular formula is C43H89ClN2O6. The molecule has 0 radical (unpaired) electrons. The number of amides is 1. The number of nitrogens with zero attached hydrogens (tertiary/aromatic N) is 1. The van der Waals surface area contributed by atoms with Crippen LogP contribution in [-0.4, -0.2) is 77.1 Å². The average Bonchev–Trinajstić information content (AvgIpc) is 3.13. The van der Waals surface area contributed by atoms with Gasteiger partial charge in [0.1, 0.15) is 12.6 Å². The Bertz CT molecular complexity index is 642. The van der Waals surface area contributed by atoms with Crippen LogP contribution in [0.3, 0.4) is 0 Å². The van der Waals surface area contributed by atoms with Gasteiger partial charge in [-0.3, -0.25) is 9.08 Å². The maximum absolute atomic E-state index is 11.7. The molecule has 0 rings (SSSR count). The first-order chi connectivity index (χ1) is 25.2. The van der Waals surface area contributed by atoms with Crippen molar-refractivity contribution in [2.24, 2.45) is 17.6 Å². The molecule has 3 unspecified atom stereocenters. The van der Waals surface area contributed by atoms with E-state index < -0.39 is 0 Å². The van der Waals surface area contributed by atoms with Crippen molar-refractivity contribution >= 4 is 30.3 Å². The van der Waals surface area contributed by atoms with Gasteiger partial charge in [-0.15, -0.1) is 0 Å². The maximum Gasteiger partial charge on any atom is 0.224 e. The van der Waals surface area contributed by atoms with Crippen LogP contribution in [0.5, 0.6) is 0 Å². The first-order valence-corrected chi connectivity index (χ1v) is 21.6. The number of aldehydes is 2. The van der Waals surface area contributed by atoms with Crippen molar-refractivity contribution in [3.8, 4) is 0 Å². The number of hydrogen-bond acceptors (Lipinski definition) is 7. The molecule has 3 atom stereocenters. The predicted octanol–water partition coefficient (Wildman–Crippen LogP) is 11.7. The van der Waals surface area contributed by atoms with E-state index in [-0.39, 0.29) is 11.9 Å². The molecular weight excluding hydrogens is 676 g/mol. The van der Waals surface area contributed by atoms with E-state index in [9.17, 15) is 14.4 Å². The number of methoxy groups -OCH3 is 2. The minimum Gasteiger partial charge on any atom is -0.383 e. The highest BCUT2D eigenvalue weighted by molar-refractivity contribution is 6.07. The van der Waals surface area contributed by atoms with Gasteiger partial charge in [0.15, 0.2) is 0 Å². The molecule has 0 bridgehead atoms. The van der Waals surface area contributed by atoms with Crippen molar-refractivity contribution < 1.29 is 28.1 Å². The molecule has 314 valence electrons. The zero-order valence-electron chi connectivity index (χ0n) is 35.7. The standard InChI is InChI=1S/2C16H32O.C10H22N2O3.CH3ClO/c2*1-3-5-7-9-10-12-14-16(15-17)13-11-8-6-4-2;1-9(11)8-10(13)12(4-6-14-2)5-7-15-3;1-3-2/h2*15-16H,3-14H2,1-2H3;9H,4-8,11H2,1-3H3;1H3. The van der Waals surface area contributed by atoms with Gasteiger partial charge in [-0.25, -0.2) is 0 Å². The minimum atomic E-state index is -0.106. The topological polar surface area (TPSA) is 108 Å². The third kappa shape index (κ3) is 51.0. The highest BCUT2D eigenvalue weighted by Gasteiger charge is 2.14. The summed E-state index contributed by atoms with van der Waals surface area (Å²) < 4.78 is 13.6. The molecule has 9 heteroatoms. The first kappa shape index (κ1) is 57.7. The molecule has 0 fully saturated rings. The van der Waals surface area contributed by atoms with Gasteiger partial charge in [0.05, 0.1) is 32.2 Å². The van der Waals surface area contributed by atoms with E-state index in [0.29, 0.717) is 44.6 Å². The Labute approximate surface area is 328 Å². The number of halogens is 1. The van der Waals surface area contributed by atoms with Crippen molar-refractivity contribution in [2.45, 2.75) is 201 Å². The van der Waals surface area contributed by atoms with Gasteiger partial charge in [0.2, 0.25) is 5.91 Å². The Balaban J connectivity index is -0.000000320. The van der Waals surface area contributed by atoms with Crippen LogP contribution in [0, 0.1) is 11.8 Å². The normalized spacial score (nSPS) is 12.2. The van der Waals surface area contributed by atoms with Crippen LogP contribution >= 0.6 is 11.9 Å². The van der Waals surface area contributed by atoms with E-state index >= 15 is 0 Å². The van der Waals surface area contributed by atoms with Crippen molar-refractivity contribution in [3.05, 3.63) is 0 Å². The van der Waals surface area contributed by atoms with Crippen LogP contribution in [0.15, 0.2) is 0 Å². The molecule has 8 nitrogen and oxygen atoms in total. The summed E-state index contributed by atoms with van der Waals surface area (Å²) in [5, 5.41) is 0. The number of nitrogens with two attached hydrogens (primary N) is 1. The molecule has 0 aromatic carbocycles. The lowest BCUT2D eigenvalue weighted by Gasteiger charge is -2.22. The summed E-state index contributed by atoms with van der Waals surface area (Å²) in [7, 11) is 4.62. The van der Waals surface area contributed by atoms with Crippen molar-refractivity contribution in [3.63, 3.8) is 0 Å².